The second-order valence-electron chi connectivity index (χ2n) is 3.79. The molecule has 0 aliphatic carbocycles. The van der Waals surface area contributed by atoms with Gasteiger partial charge >= 0.3 is 0 Å². The van der Waals surface area contributed by atoms with Gasteiger partial charge < -0.3 is 15.0 Å². The molecule has 1 heterocycles. The monoisotopic (exact) mass is 251 g/mol. The lowest BCUT2D eigenvalue weighted by atomic mass is 10.2. The number of rotatable bonds is 3. The van der Waals surface area contributed by atoms with E-state index in [4.69, 9.17) is 22.1 Å². The Balaban J connectivity index is 2.55. The number of halogens is 1. The number of hydrogen-bond acceptors (Lipinski definition) is 3. The van der Waals surface area contributed by atoms with Gasteiger partial charge in [-0.15, -0.1) is 0 Å². The SMILES string of the molecule is COc1ccc(Cl)c(-n2cncc2[C@@H](C)N)c1. The third-order valence-corrected chi connectivity index (χ3v) is 2.87. The second-order valence-corrected chi connectivity index (χ2v) is 4.20. The van der Waals surface area contributed by atoms with Crippen LogP contribution in [0.25, 0.3) is 5.69 Å². The Labute approximate surface area is 105 Å². The average molecular weight is 252 g/mol. The number of hydrogen-bond donors (Lipinski definition) is 1. The van der Waals surface area contributed by atoms with E-state index in [2.05, 4.69) is 4.98 Å². The molecule has 1 aromatic carbocycles. The lowest BCUT2D eigenvalue weighted by molar-refractivity contribution is 0.414. The maximum atomic E-state index is 6.18. The highest BCUT2D eigenvalue weighted by Crippen LogP contribution is 2.27. The van der Waals surface area contributed by atoms with Crippen LogP contribution in [-0.2, 0) is 0 Å². The molecule has 2 rings (SSSR count). The predicted molar refractivity (Wildman–Crippen MR) is 67.7 cm³/mol. The van der Waals surface area contributed by atoms with Crippen molar-refractivity contribution in [3.8, 4) is 11.4 Å². The minimum atomic E-state index is -0.111. The van der Waals surface area contributed by atoms with Gasteiger partial charge in [0.05, 0.1) is 36.0 Å². The van der Waals surface area contributed by atoms with E-state index in [0.717, 1.165) is 17.1 Å². The van der Waals surface area contributed by atoms with Gasteiger partial charge in [-0.1, -0.05) is 11.6 Å². The summed E-state index contributed by atoms with van der Waals surface area (Å²) in [5.74, 6) is 0.744. The number of benzene rings is 1. The smallest absolute Gasteiger partial charge is 0.121 e. The van der Waals surface area contributed by atoms with Crippen molar-refractivity contribution in [3.05, 3.63) is 41.4 Å². The molecule has 2 aromatic rings. The fourth-order valence-corrected chi connectivity index (χ4v) is 1.86. The van der Waals surface area contributed by atoms with Crippen molar-refractivity contribution in [2.24, 2.45) is 5.73 Å². The molecule has 0 fully saturated rings. The number of nitrogens with zero attached hydrogens (tertiary/aromatic N) is 2. The number of nitrogens with two attached hydrogens (primary N) is 1. The first kappa shape index (κ1) is 12.0. The van der Waals surface area contributed by atoms with Crippen molar-refractivity contribution in [1.29, 1.82) is 0 Å². The van der Waals surface area contributed by atoms with E-state index >= 15 is 0 Å². The summed E-state index contributed by atoms with van der Waals surface area (Å²) in [6, 6.07) is 5.35. The van der Waals surface area contributed by atoms with Crippen LogP contribution < -0.4 is 10.5 Å². The topological polar surface area (TPSA) is 53.1 Å². The van der Waals surface area contributed by atoms with Gasteiger partial charge in [-0.3, -0.25) is 0 Å². The summed E-state index contributed by atoms with van der Waals surface area (Å²) in [6.07, 6.45) is 3.43. The molecule has 0 saturated carbocycles. The molecule has 0 radical (unpaired) electrons. The maximum absolute atomic E-state index is 6.18. The van der Waals surface area contributed by atoms with Crippen molar-refractivity contribution >= 4 is 11.6 Å². The molecule has 90 valence electrons. The van der Waals surface area contributed by atoms with Gasteiger partial charge in [-0.25, -0.2) is 4.98 Å². The van der Waals surface area contributed by atoms with Crippen molar-refractivity contribution in [3.63, 3.8) is 0 Å². The minimum absolute atomic E-state index is 0.111. The van der Waals surface area contributed by atoms with Gasteiger partial charge in [-0.2, -0.15) is 0 Å². The van der Waals surface area contributed by atoms with Gasteiger partial charge in [0.25, 0.3) is 0 Å². The normalized spacial score (nSPS) is 12.5. The van der Waals surface area contributed by atoms with E-state index in [1.807, 2.05) is 23.6 Å². The summed E-state index contributed by atoms with van der Waals surface area (Å²) in [6.45, 7) is 1.90. The molecule has 4 nitrogen and oxygen atoms in total. The lowest BCUT2D eigenvalue weighted by Gasteiger charge is -2.13. The molecule has 0 amide bonds. The quantitative estimate of drug-likeness (QED) is 0.912. The maximum Gasteiger partial charge on any atom is 0.121 e. The van der Waals surface area contributed by atoms with Gasteiger partial charge in [0, 0.05) is 12.1 Å². The zero-order valence-electron chi connectivity index (χ0n) is 9.72. The summed E-state index contributed by atoms with van der Waals surface area (Å²) in [4.78, 5) is 4.10. The summed E-state index contributed by atoms with van der Waals surface area (Å²) in [5.41, 5.74) is 7.60. The Morgan fingerprint density at radius 1 is 1.47 bits per heavy atom. The van der Waals surface area contributed by atoms with Crippen molar-refractivity contribution < 1.29 is 4.74 Å². The molecule has 5 heteroatoms. The molecule has 0 aliphatic heterocycles. The molecule has 0 aliphatic rings. The van der Waals surface area contributed by atoms with E-state index in [-0.39, 0.29) is 6.04 Å². The van der Waals surface area contributed by atoms with Crippen LogP contribution >= 0.6 is 11.6 Å². The highest BCUT2D eigenvalue weighted by atomic mass is 35.5. The Morgan fingerprint density at radius 3 is 2.88 bits per heavy atom. The molecule has 17 heavy (non-hydrogen) atoms. The van der Waals surface area contributed by atoms with E-state index < -0.39 is 0 Å². The molecule has 0 saturated heterocycles. The first-order chi connectivity index (χ1) is 8.13. The van der Waals surface area contributed by atoms with Crippen LogP contribution in [0.1, 0.15) is 18.7 Å². The van der Waals surface area contributed by atoms with E-state index in [0.29, 0.717) is 5.02 Å². The summed E-state index contributed by atoms with van der Waals surface area (Å²) >= 11 is 6.18. The standard InChI is InChI=1S/C12H14ClN3O/c1-8(14)12-6-15-7-16(12)11-5-9(17-2)3-4-10(11)13/h3-8H,14H2,1-2H3/t8-/m1/s1. The van der Waals surface area contributed by atoms with Crippen molar-refractivity contribution in [2.75, 3.05) is 7.11 Å². The van der Waals surface area contributed by atoms with Crippen LogP contribution in [0, 0.1) is 0 Å². The first-order valence-corrected chi connectivity index (χ1v) is 5.63. The fourth-order valence-electron chi connectivity index (χ4n) is 1.65. The van der Waals surface area contributed by atoms with E-state index in [1.165, 1.54) is 0 Å². The molecule has 2 N–H and O–H groups in total. The highest BCUT2D eigenvalue weighted by molar-refractivity contribution is 6.32. The molecule has 0 unspecified atom stereocenters. The Hall–Kier alpha value is -1.52. The zero-order chi connectivity index (χ0) is 12.4. The van der Waals surface area contributed by atoms with Crippen LogP contribution in [0.2, 0.25) is 5.02 Å². The third-order valence-electron chi connectivity index (χ3n) is 2.55. The van der Waals surface area contributed by atoms with Crippen LogP contribution in [0.4, 0.5) is 0 Å². The van der Waals surface area contributed by atoms with Gasteiger partial charge in [0.15, 0.2) is 0 Å². The number of methoxy groups -OCH3 is 1. The van der Waals surface area contributed by atoms with E-state index in [9.17, 15) is 0 Å². The first-order valence-electron chi connectivity index (χ1n) is 5.25. The van der Waals surface area contributed by atoms with Crippen LogP contribution in [0.15, 0.2) is 30.7 Å². The van der Waals surface area contributed by atoms with Gasteiger partial charge in [0.2, 0.25) is 0 Å². The Bertz CT molecular complexity index is 522. The third kappa shape index (κ3) is 2.28. The van der Waals surface area contributed by atoms with Crippen molar-refractivity contribution in [1.82, 2.24) is 9.55 Å². The molecule has 1 aromatic heterocycles. The van der Waals surface area contributed by atoms with Gasteiger partial charge in [-0.05, 0) is 19.1 Å². The molecule has 0 spiro atoms. The minimum Gasteiger partial charge on any atom is -0.497 e. The number of aromatic nitrogens is 2. The molecular weight excluding hydrogens is 238 g/mol. The second kappa shape index (κ2) is 4.77. The largest absolute Gasteiger partial charge is 0.497 e. The molecular formula is C12H14ClN3O. The lowest BCUT2D eigenvalue weighted by Crippen LogP contribution is -2.10. The Kier molecular flexibility index (Phi) is 3.36. The zero-order valence-corrected chi connectivity index (χ0v) is 10.5. The van der Waals surface area contributed by atoms with Crippen LogP contribution in [-0.4, -0.2) is 16.7 Å². The average Bonchev–Trinajstić information content (AvgIpc) is 2.78. The predicted octanol–water partition coefficient (Wildman–Crippen LogP) is 2.55. The Morgan fingerprint density at radius 2 is 2.24 bits per heavy atom. The summed E-state index contributed by atoms with van der Waals surface area (Å²) in [5, 5.41) is 0.630. The van der Waals surface area contributed by atoms with Crippen molar-refractivity contribution in [2.45, 2.75) is 13.0 Å². The van der Waals surface area contributed by atoms with Crippen LogP contribution in [0.3, 0.4) is 0 Å². The number of ether oxygens (including phenoxy) is 1. The summed E-state index contributed by atoms with van der Waals surface area (Å²) < 4.78 is 7.06. The fraction of sp³-hybridized carbons (Fsp3) is 0.250. The highest BCUT2D eigenvalue weighted by Gasteiger charge is 2.11. The number of imidazole rings is 1. The molecule has 1 atom stereocenters. The van der Waals surface area contributed by atoms with Gasteiger partial charge in [0.1, 0.15) is 5.75 Å². The van der Waals surface area contributed by atoms with Crippen LogP contribution in [0.5, 0.6) is 5.75 Å². The van der Waals surface area contributed by atoms with E-state index in [1.54, 1.807) is 25.7 Å². The molecule has 0 bridgehead atoms. The summed E-state index contributed by atoms with van der Waals surface area (Å²) in [7, 11) is 1.62.